The molecule has 2 aromatic rings. The summed E-state index contributed by atoms with van der Waals surface area (Å²) in [6.07, 6.45) is 1.78. The number of benzene rings is 1. The fraction of sp³-hybridized carbons (Fsp3) is 0.143. The van der Waals surface area contributed by atoms with Crippen molar-refractivity contribution in [1.29, 1.82) is 0 Å². The third-order valence-corrected chi connectivity index (χ3v) is 4.52. The number of amides is 1. The van der Waals surface area contributed by atoms with Crippen LogP contribution in [0.3, 0.4) is 0 Å². The molecule has 1 amide bonds. The van der Waals surface area contributed by atoms with Crippen molar-refractivity contribution in [3.05, 3.63) is 51.1 Å². The topological polar surface area (TPSA) is 91.2 Å². The zero-order chi connectivity index (χ0) is 16.4. The smallest absolute Gasteiger partial charge is 0.388 e. The number of H-pyrrole nitrogens is 1. The molecule has 0 bridgehead atoms. The minimum atomic E-state index is -0.662. The van der Waals surface area contributed by atoms with Gasteiger partial charge >= 0.3 is 5.76 Å². The molecular formula is C14H12N4O3S2. The molecule has 3 rings (SSSR count). The largest absolute Gasteiger partial charge is 0.438 e. The number of carbonyl (C=O) groups excluding carboxylic acids is 1. The summed E-state index contributed by atoms with van der Waals surface area (Å²) in [5.74, 6) is -0.631. The molecular weight excluding hydrogens is 336 g/mol. The molecule has 0 spiro atoms. The number of carbonyl (C=O) groups is 1. The Morgan fingerprint density at radius 3 is 3.00 bits per heavy atom. The van der Waals surface area contributed by atoms with Gasteiger partial charge in [0.25, 0.3) is 5.91 Å². The average molecular weight is 348 g/mol. The van der Waals surface area contributed by atoms with Crippen LogP contribution < -0.4 is 11.1 Å². The van der Waals surface area contributed by atoms with Crippen LogP contribution in [-0.2, 0) is 11.3 Å². The predicted molar refractivity (Wildman–Crippen MR) is 91.8 cm³/mol. The summed E-state index contributed by atoms with van der Waals surface area (Å²) >= 11 is 6.44. The highest BCUT2D eigenvalue weighted by Crippen LogP contribution is 2.33. The summed E-state index contributed by atoms with van der Waals surface area (Å²) in [5, 5.41) is 6.59. The van der Waals surface area contributed by atoms with Gasteiger partial charge in [0, 0.05) is 12.7 Å². The van der Waals surface area contributed by atoms with Gasteiger partial charge in [0.2, 0.25) is 0 Å². The van der Waals surface area contributed by atoms with Crippen molar-refractivity contribution in [2.75, 3.05) is 12.4 Å². The van der Waals surface area contributed by atoms with Gasteiger partial charge in [0.1, 0.15) is 4.32 Å². The van der Waals surface area contributed by atoms with Crippen LogP contribution in [0.5, 0.6) is 0 Å². The second-order valence-electron chi connectivity index (χ2n) is 4.69. The maximum atomic E-state index is 12.5. The van der Waals surface area contributed by atoms with Crippen molar-refractivity contribution < 1.29 is 9.32 Å². The van der Waals surface area contributed by atoms with E-state index in [9.17, 15) is 9.59 Å². The Hall–Kier alpha value is -2.39. The fourth-order valence-electron chi connectivity index (χ4n) is 2.05. The third kappa shape index (κ3) is 3.35. The number of nitrogens with one attached hydrogen (secondary N) is 2. The van der Waals surface area contributed by atoms with Crippen molar-refractivity contribution in [2.24, 2.45) is 0 Å². The Kier molecular flexibility index (Phi) is 4.30. The van der Waals surface area contributed by atoms with Gasteiger partial charge in [-0.15, -0.1) is 0 Å². The van der Waals surface area contributed by atoms with Gasteiger partial charge < -0.3 is 5.32 Å². The predicted octanol–water partition coefficient (Wildman–Crippen LogP) is 1.81. The van der Waals surface area contributed by atoms with Crippen LogP contribution in [0.25, 0.3) is 6.08 Å². The van der Waals surface area contributed by atoms with Crippen molar-refractivity contribution in [3.63, 3.8) is 0 Å². The van der Waals surface area contributed by atoms with Gasteiger partial charge in [0.05, 0.1) is 11.4 Å². The van der Waals surface area contributed by atoms with Crippen LogP contribution in [0.4, 0.5) is 5.69 Å². The summed E-state index contributed by atoms with van der Waals surface area (Å²) in [7, 11) is 1.83. The number of nitrogens with zero attached hydrogens (tertiary/aromatic N) is 2. The molecule has 9 heteroatoms. The SMILES string of the molecule is CNc1cccc(C=C2SC(=S)N(Cc3noc(=O)[nH]3)C2=O)c1. The van der Waals surface area contributed by atoms with Gasteiger partial charge in [-0.25, -0.2) is 4.79 Å². The summed E-state index contributed by atoms with van der Waals surface area (Å²) in [4.78, 5) is 27.7. The molecule has 0 unspecified atom stereocenters. The first-order chi connectivity index (χ1) is 11.1. The Morgan fingerprint density at radius 1 is 1.48 bits per heavy atom. The Bertz CT molecular complexity index is 855. The number of thiocarbonyl (C=S) groups is 1. The lowest BCUT2D eigenvalue weighted by Crippen LogP contribution is -2.28. The Morgan fingerprint density at radius 2 is 2.30 bits per heavy atom. The summed E-state index contributed by atoms with van der Waals surface area (Å²) in [6, 6.07) is 7.67. The van der Waals surface area contributed by atoms with Crippen LogP contribution in [0.2, 0.25) is 0 Å². The average Bonchev–Trinajstić information content (AvgIpc) is 3.06. The van der Waals surface area contributed by atoms with Gasteiger partial charge in [-0.05, 0) is 23.8 Å². The lowest BCUT2D eigenvalue weighted by Gasteiger charge is -2.11. The molecule has 1 aromatic heterocycles. The van der Waals surface area contributed by atoms with E-state index in [0.29, 0.717) is 9.23 Å². The minimum absolute atomic E-state index is 0.0737. The van der Waals surface area contributed by atoms with E-state index in [4.69, 9.17) is 12.2 Å². The molecule has 1 fully saturated rings. The zero-order valence-corrected chi connectivity index (χ0v) is 13.7. The number of anilines is 1. The van der Waals surface area contributed by atoms with Crippen molar-refractivity contribution in [2.45, 2.75) is 6.54 Å². The number of aromatic amines is 1. The van der Waals surface area contributed by atoms with Crippen LogP contribution in [0.15, 0.2) is 38.5 Å². The highest BCUT2D eigenvalue weighted by molar-refractivity contribution is 8.26. The second kappa shape index (κ2) is 6.39. The second-order valence-corrected chi connectivity index (χ2v) is 6.36. The molecule has 23 heavy (non-hydrogen) atoms. The van der Waals surface area contributed by atoms with Crippen LogP contribution >= 0.6 is 24.0 Å². The highest BCUT2D eigenvalue weighted by Gasteiger charge is 2.32. The van der Waals surface area contributed by atoms with E-state index < -0.39 is 5.76 Å². The molecule has 1 saturated heterocycles. The monoisotopic (exact) mass is 348 g/mol. The number of aromatic nitrogens is 2. The van der Waals surface area contributed by atoms with Crippen LogP contribution in [-0.4, -0.2) is 32.3 Å². The molecule has 1 aliphatic heterocycles. The quantitative estimate of drug-likeness (QED) is 0.643. The normalized spacial score (nSPS) is 16.4. The molecule has 7 nitrogen and oxygen atoms in total. The minimum Gasteiger partial charge on any atom is -0.388 e. The standard InChI is InChI=1S/C14H12N4O3S2/c1-15-9-4-2-3-8(5-9)6-10-12(19)18(14(22)23-10)7-11-16-13(20)21-17-11/h2-6,15H,7H2,1H3,(H,16,17,20). The molecule has 118 valence electrons. The maximum Gasteiger partial charge on any atom is 0.438 e. The van der Waals surface area contributed by atoms with Gasteiger partial charge in [-0.3, -0.25) is 19.2 Å². The first-order valence-corrected chi connectivity index (χ1v) is 7.87. The molecule has 1 aromatic carbocycles. The van der Waals surface area contributed by atoms with E-state index in [1.165, 1.54) is 16.7 Å². The van der Waals surface area contributed by atoms with E-state index in [-0.39, 0.29) is 18.3 Å². The van der Waals surface area contributed by atoms with E-state index in [1.54, 1.807) is 6.08 Å². The highest BCUT2D eigenvalue weighted by atomic mass is 32.2. The molecule has 0 aliphatic carbocycles. The Balaban J connectivity index is 1.82. The first-order valence-electron chi connectivity index (χ1n) is 6.65. The molecule has 2 N–H and O–H groups in total. The van der Waals surface area contributed by atoms with Crippen molar-refractivity contribution >= 4 is 46.0 Å². The lowest BCUT2D eigenvalue weighted by atomic mass is 10.2. The summed E-state index contributed by atoms with van der Waals surface area (Å²) in [6.45, 7) is 0.0737. The van der Waals surface area contributed by atoms with E-state index in [2.05, 4.69) is 20.0 Å². The Labute approximate surface area is 140 Å². The van der Waals surface area contributed by atoms with Crippen LogP contribution in [0.1, 0.15) is 11.4 Å². The van der Waals surface area contributed by atoms with Gasteiger partial charge in [-0.1, -0.05) is 41.3 Å². The third-order valence-electron chi connectivity index (χ3n) is 3.14. The van der Waals surface area contributed by atoms with Gasteiger partial charge in [-0.2, -0.15) is 0 Å². The zero-order valence-electron chi connectivity index (χ0n) is 12.0. The van der Waals surface area contributed by atoms with E-state index in [1.807, 2.05) is 31.3 Å². The van der Waals surface area contributed by atoms with E-state index >= 15 is 0 Å². The van der Waals surface area contributed by atoms with E-state index in [0.717, 1.165) is 11.3 Å². The van der Waals surface area contributed by atoms with Crippen molar-refractivity contribution in [1.82, 2.24) is 15.0 Å². The molecule has 0 atom stereocenters. The number of rotatable bonds is 4. The molecule has 0 radical (unpaired) electrons. The van der Waals surface area contributed by atoms with Crippen molar-refractivity contribution in [3.8, 4) is 0 Å². The summed E-state index contributed by atoms with van der Waals surface area (Å²) < 4.78 is 4.83. The first kappa shape index (κ1) is 15.5. The lowest BCUT2D eigenvalue weighted by molar-refractivity contribution is -0.122. The fourth-order valence-corrected chi connectivity index (χ4v) is 3.30. The van der Waals surface area contributed by atoms with Crippen LogP contribution in [0, 0.1) is 0 Å². The molecule has 1 aliphatic rings. The molecule has 0 saturated carbocycles. The maximum absolute atomic E-state index is 12.5. The number of thioether (sulfide) groups is 1. The summed E-state index contributed by atoms with van der Waals surface area (Å²) in [5.41, 5.74) is 1.85. The molecule has 2 heterocycles. The van der Waals surface area contributed by atoms with Gasteiger partial charge in [0.15, 0.2) is 5.82 Å². The number of hydrogen-bond donors (Lipinski definition) is 2. The number of hydrogen-bond acceptors (Lipinski definition) is 7.